The molecule has 160 valence electrons. The Morgan fingerprint density at radius 1 is 1.21 bits per heavy atom. The normalized spacial score (nSPS) is 14.8. The molecule has 0 unspecified atom stereocenters. The number of nitrogens with one attached hydrogen (secondary N) is 2. The molecule has 2 aromatic heterocycles. The molecule has 0 bridgehead atoms. The Bertz CT molecular complexity index is 812. The minimum absolute atomic E-state index is 0. The zero-order valence-electron chi connectivity index (χ0n) is 17.4. The maximum absolute atomic E-state index is 12.2. The highest BCUT2D eigenvalue weighted by molar-refractivity contribution is 5.93. The lowest BCUT2D eigenvalue weighted by atomic mass is 9.92. The highest BCUT2D eigenvalue weighted by Gasteiger charge is 2.20. The van der Waals surface area contributed by atoms with Gasteiger partial charge in [0.05, 0.1) is 13.2 Å². The van der Waals surface area contributed by atoms with Crippen LogP contribution < -0.4 is 10.6 Å². The third-order valence-corrected chi connectivity index (χ3v) is 5.28. The van der Waals surface area contributed by atoms with E-state index in [1.165, 1.54) is 0 Å². The number of carbonyl (C=O) groups is 1. The molecule has 3 rings (SSSR count). The fourth-order valence-corrected chi connectivity index (χ4v) is 3.54. The second kappa shape index (κ2) is 10.3. The molecule has 0 spiro atoms. The lowest BCUT2D eigenvalue weighted by molar-refractivity contribution is 0.0341. The monoisotopic (exact) mass is 402 g/mol. The van der Waals surface area contributed by atoms with Crippen molar-refractivity contribution >= 4 is 17.5 Å². The number of nitrogens with zero attached hydrogens (tertiary/aromatic N) is 4. The summed E-state index contributed by atoms with van der Waals surface area (Å²) >= 11 is 0. The first-order valence-electron chi connectivity index (χ1n) is 10.3. The van der Waals surface area contributed by atoms with Crippen LogP contribution in [-0.2, 0) is 11.3 Å². The van der Waals surface area contributed by atoms with E-state index in [1.54, 1.807) is 7.05 Å². The molecule has 0 radical (unpaired) electrons. The Morgan fingerprint density at radius 3 is 2.59 bits per heavy atom. The molecule has 0 atom stereocenters. The summed E-state index contributed by atoms with van der Waals surface area (Å²) in [5, 5.41) is 14.2. The minimum Gasteiger partial charge on any atom is -0.379 e. The SMILES string of the molecule is CCC(CC)c1cc(Nc2ccc(CN3CCOCC3)cn2)nnc1C(=O)NC.[HH].[HH]. The molecular formula is C21H34N6O2. The van der Waals surface area contributed by atoms with E-state index in [1.807, 2.05) is 18.3 Å². The number of ether oxygens (including phenoxy) is 1. The van der Waals surface area contributed by atoms with Crippen molar-refractivity contribution in [3.63, 3.8) is 0 Å². The summed E-state index contributed by atoms with van der Waals surface area (Å²) in [7, 11) is 1.61. The van der Waals surface area contributed by atoms with Gasteiger partial charge in [-0.25, -0.2) is 4.98 Å². The topological polar surface area (TPSA) is 92.3 Å². The van der Waals surface area contributed by atoms with Gasteiger partial charge in [-0.15, -0.1) is 10.2 Å². The van der Waals surface area contributed by atoms with Gasteiger partial charge in [0.25, 0.3) is 5.91 Å². The molecule has 1 amide bonds. The highest BCUT2D eigenvalue weighted by atomic mass is 16.5. The molecule has 0 aromatic carbocycles. The molecule has 29 heavy (non-hydrogen) atoms. The van der Waals surface area contributed by atoms with Crippen LogP contribution in [0.1, 0.15) is 57.1 Å². The Hall–Kier alpha value is -2.58. The Labute approximate surface area is 175 Å². The van der Waals surface area contributed by atoms with Gasteiger partial charge in [0.2, 0.25) is 0 Å². The molecule has 3 heterocycles. The number of anilines is 2. The second-order valence-corrected chi connectivity index (χ2v) is 7.19. The number of amides is 1. The van der Waals surface area contributed by atoms with Crippen molar-refractivity contribution in [3.8, 4) is 0 Å². The first-order chi connectivity index (χ1) is 14.1. The van der Waals surface area contributed by atoms with E-state index in [4.69, 9.17) is 4.74 Å². The Kier molecular flexibility index (Phi) is 7.48. The van der Waals surface area contributed by atoms with Crippen LogP contribution in [0.5, 0.6) is 0 Å². The number of morpholine rings is 1. The molecule has 2 N–H and O–H groups in total. The summed E-state index contributed by atoms with van der Waals surface area (Å²) in [6, 6.07) is 5.93. The predicted octanol–water partition coefficient (Wildman–Crippen LogP) is 3.20. The molecule has 1 fully saturated rings. The van der Waals surface area contributed by atoms with Gasteiger partial charge in [-0.3, -0.25) is 9.69 Å². The summed E-state index contributed by atoms with van der Waals surface area (Å²) in [5.74, 6) is 1.33. The zero-order valence-corrected chi connectivity index (χ0v) is 17.4. The van der Waals surface area contributed by atoms with E-state index in [9.17, 15) is 4.79 Å². The van der Waals surface area contributed by atoms with Gasteiger partial charge in [-0.1, -0.05) is 19.9 Å². The lowest BCUT2D eigenvalue weighted by Crippen LogP contribution is -2.35. The first kappa shape index (κ1) is 21.1. The summed E-state index contributed by atoms with van der Waals surface area (Å²) < 4.78 is 5.39. The maximum Gasteiger partial charge on any atom is 0.271 e. The van der Waals surface area contributed by atoms with Gasteiger partial charge in [-0.05, 0) is 42.0 Å². The van der Waals surface area contributed by atoms with Crippen LogP contribution in [0.25, 0.3) is 0 Å². The molecule has 0 saturated carbocycles. The summed E-state index contributed by atoms with van der Waals surface area (Å²) in [5.41, 5.74) is 2.47. The van der Waals surface area contributed by atoms with Crippen molar-refractivity contribution < 1.29 is 12.4 Å². The summed E-state index contributed by atoms with van der Waals surface area (Å²) in [6.07, 6.45) is 3.74. The van der Waals surface area contributed by atoms with Crippen LogP contribution in [0.15, 0.2) is 24.4 Å². The third kappa shape index (κ3) is 5.48. The standard InChI is InChI=1S/C21H30N6O2.2H2/c1-4-16(5-2)17-12-19(25-26-20(17)21(28)22-3)24-18-7-6-15(13-23-18)14-27-8-10-29-11-9-27;;/h6-7,12-13,16H,4-5,8-11,14H2,1-3H3,(H,22,28)(H,23,24,25);2*1H. The summed E-state index contributed by atoms with van der Waals surface area (Å²) in [4.78, 5) is 19.1. The van der Waals surface area contributed by atoms with Crippen LogP contribution in [0.4, 0.5) is 11.6 Å². The largest absolute Gasteiger partial charge is 0.379 e. The van der Waals surface area contributed by atoms with Crippen LogP contribution >= 0.6 is 0 Å². The molecule has 1 saturated heterocycles. The Morgan fingerprint density at radius 2 is 1.97 bits per heavy atom. The average Bonchev–Trinajstić information content (AvgIpc) is 2.76. The fourth-order valence-electron chi connectivity index (χ4n) is 3.54. The molecular weight excluding hydrogens is 368 g/mol. The van der Waals surface area contributed by atoms with E-state index in [0.717, 1.165) is 56.8 Å². The highest BCUT2D eigenvalue weighted by Crippen LogP contribution is 2.27. The maximum atomic E-state index is 12.2. The van der Waals surface area contributed by atoms with Crippen molar-refractivity contribution in [2.24, 2.45) is 0 Å². The van der Waals surface area contributed by atoms with Crippen molar-refractivity contribution in [2.75, 3.05) is 38.7 Å². The molecule has 1 aliphatic rings. The van der Waals surface area contributed by atoms with Crippen LogP contribution in [0, 0.1) is 0 Å². The van der Waals surface area contributed by atoms with E-state index >= 15 is 0 Å². The van der Waals surface area contributed by atoms with E-state index < -0.39 is 0 Å². The van der Waals surface area contributed by atoms with Gasteiger partial charge in [0.1, 0.15) is 5.82 Å². The van der Waals surface area contributed by atoms with Crippen LogP contribution in [0.3, 0.4) is 0 Å². The average molecular weight is 403 g/mol. The van der Waals surface area contributed by atoms with Crippen LogP contribution in [-0.4, -0.2) is 59.3 Å². The lowest BCUT2D eigenvalue weighted by Gasteiger charge is -2.26. The zero-order chi connectivity index (χ0) is 20.6. The molecule has 1 aliphatic heterocycles. The molecule has 2 aromatic rings. The Balaban J connectivity index is 0.00000240. The predicted molar refractivity (Wildman–Crippen MR) is 117 cm³/mol. The van der Waals surface area contributed by atoms with E-state index in [2.05, 4.69) is 50.6 Å². The number of carbonyl (C=O) groups excluding carboxylic acids is 1. The number of hydrogen-bond donors (Lipinski definition) is 2. The van der Waals surface area contributed by atoms with Crippen molar-refractivity contribution in [3.05, 3.63) is 41.2 Å². The quantitative estimate of drug-likeness (QED) is 0.700. The molecule has 0 aliphatic carbocycles. The van der Waals surface area contributed by atoms with Crippen molar-refractivity contribution in [2.45, 2.75) is 39.2 Å². The van der Waals surface area contributed by atoms with Crippen LogP contribution in [0.2, 0.25) is 0 Å². The van der Waals surface area contributed by atoms with Crippen molar-refractivity contribution in [1.29, 1.82) is 0 Å². The third-order valence-electron chi connectivity index (χ3n) is 5.28. The minimum atomic E-state index is -0.212. The fraction of sp³-hybridized carbons (Fsp3) is 0.524. The smallest absolute Gasteiger partial charge is 0.271 e. The van der Waals surface area contributed by atoms with Gasteiger partial charge in [0, 0.05) is 35.7 Å². The number of hydrogen-bond acceptors (Lipinski definition) is 7. The van der Waals surface area contributed by atoms with Crippen molar-refractivity contribution in [1.82, 2.24) is 25.4 Å². The summed E-state index contributed by atoms with van der Waals surface area (Å²) in [6.45, 7) is 8.58. The van der Waals surface area contributed by atoms with Gasteiger partial charge in [-0.2, -0.15) is 0 Å². The van der Waals surface area contributed by atoms with E-state index in [-0.39, 0.29) is 14.7 Å². The van der Waals surface area contributed by atoms with Gasteiger partial charge < -0.3 is 15.4 Å². The first-order valence-corrected chi connectivity index (χ1v) is 10.3. The van der Waals surface area contributed by atoms with Gasteiger partial charge >= 0.3 is 0 Å². The van der Waals surface area contributed by atoms with Gasteiger partial charge in [0.15, 0.2) is 11.5 Å². The molecule has 8 heteroatoms. The van der Waals surface area contributed by atoms with E-state index in [0.29, 0.717) is 17.3 Å². The number of rotatable bonds is 8. The second-order valence-electron chi connectivity index (χ2n) is 7.19. The molecule has 8 nitrogen and oxygen atoms in total. The number of aromatic nitrogens is 3. The number of pyridine rings is 1.